The number of anilines is 1. The smallest absolute Gasteiger partial charge is 0.225 e. The summed E-state index contributed by atoms with van der Waals surface area (Å²) >= 11 is 0. The molecule has 1 unspecified atom stereocenters. The Morgan fingerprint density at radius 1 is 0.960 bits per heavy atom. The molecule has 0 spiro atoms. The largest absolute Gasteiger partial charge is 0.493 e. The highest BCUT2D eigenvalue weighted by atomic mass is 16.5. The molecular formula is C21H19NO3. The van der Waals surface area contributed by atoms with E-state index in [2.05, 4.69) is 23.5 Å². The lowest BCUT2D eigenvalue weighted by atomic mass is 9.83. The van der Waals surface area contributed by atoms with Crippen LogP contribution in [0.1, 0.15) is 23.5 Å². The molecule has 1 aliphatic rings. The molecule has 0 aliphatic carbocycles. The highest BCUT2D eigenvalue weighted by Gasteiger charge is 2.28. The van der Waals surface area contributed by atoms with E-state index in [1.165, 1.54) is 0 Å². The summed E-state index contributed by atoms with van der Waals surface area (Å²) in [6, 6.07) is 18.2. The predicted octanol–water partition coefficient (Wildman–Crippen LogP) is 4.33. The molecule has 4 rings (SSSR count). The Morgan fingerprint density at radius 2 is 1.76 bits per heavy atom. The number of rotatable bonds is 3. The molecule has 0 fully saturated rings. The number of carbonyl (C=O) groups is 1. The molecule has 0 saturated carbocycles. The molecule has 3 aromatic rings. The number of ether oxygens (including phenoxy) is 2. The fourth-order valence-electron chi connectivity index (χ4n) is 3.57. The van der Waals surface area contributed by atoms with E-state index in [1.54, 1.807) is 14.2 Å². The standard InChI is InChI=1S/C21H19NO3/c1-24-18-10-8-14(11-19(18)25-2)17-12-20(23)22-21-15-6-4-3-5-13(15)7-9-16(17)21/h3-11,17H,12H2,1-2H3,(H,22,23). The number of amides is 1. The molecule has 4 heteroatoms. The Bertz CT molecular complexity index is 965. The van der Waals surface area contributed by atoms with Gasteiger partial charge in [-0.2, -0.15) is 0 Å². The van der Waals surface area contributed by atoms with Crippen LogP contribution in [0.15, 0.2) is 54.6 Å². The monoisotopic (exact) mass is 333 g/mol. The van der Waals surface area contributed by atoms with Crippen molar-refractivity contribution in [2.45, 2.75) is 12.3 Å². The lowest BCUT2D eigenvalue weighted by Crippen LogP contribution is -2.23. The van der Waals surface area contributed by atoms with Crippen LogP contribution in [0.5, 0.6) is 11.5 Å². The van der Waals surface area contributed by atoms with E-state index in [-0.39, 0.29) is 11.8 Å². The molecule has 1 aliphatic heterocycles. The highest BCUT2D eigenvalue weighted by Crippen LogP contribution is 2.42. The third kappa shape index (κ3) is 2.60. The minimum absolute atomic E-state index is 0.00633. The Labute approximate surface area is 146 Å². The zero-order valence-corrected chi connectivity index (χ0v) is 14.2. The van der Waals surface area contributed by atoms with Crippen molar-refractivity contribution >= 4 is 22.4 Å². The van der Waals surface area contributed by atoms with Crippen LogP contribution in [0.3, 0.4) is 0 Å². The van der Waals surface area contributed by atoms with E-state index in [4.69, 9.17) is 9.47 Å². The Morgan fingerprint density at radius 3 is 2.56 bits per heavy atom. The minimum Gasteiger partial charge on any atom is -0.493 e. The van der Waals surface area contributed by atoms with Gasteiger partial charge in [0.15, 0.2) is 11.5 Å². The lowest BCUT2D eigenvalue weighted by Gasteiger charge is -2.27. The van der Waals surface area contributed by atoms with Gasteiger partial charge in [-0.05, 0) is 28.6 Å². The maximum absolute atomic E-state index is 12.4. The SMILES string of the molecule is COc1ccc(C2CC(=O)Nc3c2ccc2ccccc32)cc1OC. The van der Waals surface area contributed by atoms with Crippen LogP contribution >= 0.6 is 0 Å². The van der Waals surface area contributed by atoms with Crippen LogP contribution < -0.4 is 14.8 Å². The normalized spacial score (nSPS) is 16.2. The Kier molecular flexibility index (Phi) is 3.80. The van der Waals surface area contributed by atoms with Crippen LogP contribution in [0, 0.1) is 0 Å². The molecule has 1 amide bonds. The van der Waals surface area contributed by atoms with Crippen molar-refractivity contribution in [2.24, 2.45) is 0 Å². The molecule has 0 radical (unpaired) electrons. The summed E-state index contributed by atoms with van der Waals surface area (Å²) < 4.78 is 10.7. The summed E-state index contributed by atoms with van der Waals surface area (Å²) in [5.74, 6) is 1.38. The van der Waals surface area contributed by atoms with Gasteiger partial charge in [-0.3, -0.25) is 4.79 Å². The van der Waals surface area contributed by atoms with Crippen molar-refractivity contribution in [3.8, 4) is 11.5 Å². The van der Waals surface area contributed by atoms with Gasteiger partial charge in [-0.25, -0.2) is 0 Å². The zero-order chi connectivity index (χ0) is 17.4. The number of methoxy groups -OCH3 is 2. The van der Waals surface area contributed by atoms with Crippen LogP contribution in [0.25, 0.3) is 10.8 Å². The second-order valence-electron chi connectivity index (χ2n) is 6.17. The average Bonchev–Trinajstić information content (AvgIpc) is 2.66. The van der Waals surface area contributed by atoms with Gasteiger partial charge >= 0.3 is 0 Å². The maximum Gasteiger partial charge on any atom is 0.225 e. The van der Waals surface area contributed by atoms with E-state index in [9.17, 15) is 4.79 Å². The highest BCUT2D eigenvalue weighted by molar-refractivity contribution is 6.06. The molecule has 1 N–H and O–H groups in total. The van der Waals surface area contributed by atoms with Crippen molar-refractivity contribution in [3.05, 3.63) is 65.7 Å². The van der Waals surface area contributed by atoms with Crippen molar-refractivity contribution in [1.82, 2.24) is 0 Å². The molecule has 1 heterocycles. The molecule has 1 atom stereocenters. The first-order valence-corrected chi connectivity index (χ1v) is 8.24. The molecule has 3 aromatic carbocycles. The number of benzene rings is 3. The van der Waals surface area contributed by atoms with Gasteiger partial charge in [0.2, 0.25) is 5.91 Å². The van der Waals surface area contributed by atoms with Crippen LogP contribution in [0.4, 0.5) is 5.69 Å². The van der Waals surface area contributed by atoms with Crippen LogP contribution in [0.2, 0.25) is 0 Å². The second-order valence-corrected chi connectivity index (χ2v) is 6.17. The topological polar surface area (TPSA) is 47.6 Å². The summed E-state index contributed by atoms with van der Waals surface area (Å²) in [4.78, 5) is 12.4. The summed E-state index contributed by atoms with van der Waals surface area (Å²) in [5.41, 5.74) is 3.09. The third-order valence-corrected chi connectivity index (χ3v) is 4.80. The quantitative estimate of drug-likeness (QED) is 0.776. The first-order valence-electron chi connectivity index (χ1n) is 8.24. The fraction of sp³-hybridized carbons (Fsp3) is 0.190. The van der Waals surface area contributed by atoms with E-state index in [0.717, 1.165) is 27.6 Å². The minimum atomic E-state index is -0.00633. The Balaban J connectivity index is 1.88. The summed E-state index contributed by atoms with van der Waals surface area (Å²) in [6.45, 7) is 0. The van der Waals surface area contributed by atoms with Gasteiger partial charge < -0.3 is 14.8 Å². The first-order chi connectivity index (χ1) is 12.2. The van der Waals surface area contributed by atoms with Gasteiger partial charge in [0.25, 0.3) is 0 Å². The van der Waals surface area contributed by atoms with Gasteiger partial charge in [-0.15, -0.1) is 0 Å². The third-order valence-electron chi connectivity index (χ3n) is 4.80. The Hall–Kier alpha value is -3.01. The number of hydrogen-bond donors (Lipinski definition) is 1. The summed E-state index contributed by atoms with van der Waals surface area (Å²) in [5, 5.41) is 5.25. The first kappa shape index (κ1) is 15.5. The number of carbonyl (C=O) groups excluding carboxylic acids is 1. The van der Waals surface area contributed by atoms with Gasteiger partial charge in [0.05, 0.1) is 19.9 Å². The van der Waals surface area contributed by atoms with Crippen molar-refractivity contribution < 1.29 is 14.3 Å². The predicted molar refractivity (Wildman–Crippen MR) is 98.6 cm³/mol. The van der Waals surface area contributed by atoms with Crippen LogP contribution in [-0.2, 0) is 4.79 Å². The lowest BCUT2D eigenvalue weighted by molar-refractivity contribution is -0.116. The molecule has 4 nitrogen and oxygen atoms in total. The molecule has 0 aromatic heterocycles. The molecule has 0 saturated heterocycles. The molecule has 126 valence electrons. The zero-order valence-electron chi connectivity index (χ0n) is 14.2. The van der Waals surface area contributed by atoms with Gasteiger partial charge in [-0.1, -0.05) is 42.5 Å². The molecule has 0 bridgehead atoms. The van der Waals surface area contributed by atoms with Gasteiger partial charge in [0.1, 0.15) is 0 Å². The van der Waals surface area contributed by atoms with Crippen molar-refractivity contribution in [1.29, 1.82) is 0 Å². The maximum atomic E-state index is 12.4. The average molecular weight is 333 g/mol. The van der Waals surface area contributed by atoms with Gasteiger partial charge in [0, 0.05) is 17.7 Å². The molecular weight excluding hydrogens is 314 g/mol. The number of nitrogens with one attached hydrogen (secondary N) is 1. The number of hydrogen-bond acceptors (Lipinski definition) is 3. The van der Waals surface area contributed by atoms with E-state index in [0.29, 0.717) is 17.9 Å². The second kappa shape index (κ2) is 6.13. The van der Waals surface area contributed by atoms with E-state index < -0.39 is 0 Å². The van der Waals surface area contributed by atoms with Crippen molar-refractivity contribution in [3.63, 3.8) is 0 Å². The van der Waals surface area contributed by atoms with E-state index >= 15 is 0 Å². The molecule has 25 heavy (non-hydrogen) atoms. The van der Waals surface area contributed by atoms with Crippen molar-refractivity contribution in [2.75, 3.05) is 19.5 Å². The summed E-state index contributed by atoms with van der Waals surface area (Å²) in [6.07, 6.45) is 0.417. The fourth-order valence-corrected chi connectivity index (χ4v) is 3.57. The van der Waals surface area contributed by atoms with E-state index in [1.807, 2.05) is 36.4 Å². The van der Waals surface area contributed by atoms with Crippen LogP contribution in [-0.4, -0.2) is 20.1 Å². The summed E-state index contributed by atoms with van der Waals surface area (Å²) in [7, 11) is 3.24. The number of fused-ring (bicyclic) bond motifs is 3.